The van der Waals surface area contributed by atoms with E-state index >= 15 is 0 Å². The van der Waals surface area contributed by atoms with Gasteiger partial charge in [0.1, 0.15) is 5.69 Å². The van der Waals surface area contributed by atoms with Crippen LogP contribution in [0.1, 0.15) is 31.2 Å². The summed E-state index contributed by atoms with van der Waals surface area (Å²) in [5.41, 5.74) is 0.958. The summed E-state index contributed by atoms with van der Waals surface area (Å²) in [5.74, 6) is 0. The fourth-order valence-corrected chi connectivity index (χ4v) is 4.26. The number of hydrogen-bond acceptors (Lipinski definition) is 4. The van der Waals surface area contributed by atoms with Gasteiger partial charge in [-0.05, 0) is 44.2 Å². The third kappa shape index (κ3) is 3.64. The van der Waals surface area contributed by atoms with E-state index in [1.54, 1.807) is 25.3 Å². The Balaban J connectivity index is 1.70. The van der Waals surface area contributed by atoms with Crippen molar-refractivity contribution in [3.05, 3.63) is 28.2 Å². The summed E-state index contributed by atoms with van der Waals surface area (Å²) >= 11 is 0. The van der Waals surface area contributed by atoms with Gasteiger partial charge in [-0.1, -0.05) is 0 Å². The predicted molar refractivity (Wildman–Crippen MR) is 102 cm³/mol. The third-order valence-corrected chi connectivity index (χ3v) is 5.95. The molecule has 1 aliphatic heterocycles. The van der Waals surface area contributed by atoms with Crippen molar-refractivity contribution in [2.75, 3.05) is 32.6 Å². The number of methoxy groups -OCH3 is 1. The van der Waals surface area contributed by atoms with Crippen molar-refractivity contribution in [3.63, 3.8) is 0 Å². The molecule has 2 fully saturated rings. The second-order valence-corrected chi connectivity index (χ2v) is 7.54. The van der Waals surface area contributed by atoms with E-state index in [4.69, 9.17) is 4.74 Å². The molecule has 1 unspecified atom stereocenters. The number of urea groups is 1. The number of likely N-dealkylation sites (N-methyl/N-ethyl adjacent to an activating group) is 1. The maximum Gasteiger partial charge on any atom is 0.322 e. The molecule has 144 valence electrons. The Bertz CT molecular complexity index is 717. The first kappa shape index (κ1) is 18.9. The fraction of sp³-hybridized carbons (Fsp3) is 0.684. The Morgan fingerprint density at radius 3 is 2.81 bits per heavy atom. The van der Waals surface area contributed by atoms with Crippen LogP contribution in [0, 0.1) is 6.92 Å². The van der Waals surface area contributed by atoms with Crippen LogP contribution in [0.2, 0.25) is 0 Å². The third-order valence-electron chi connectivity index (χ3n) is 5.95. The lowest BCUT2D eigenvalue weighted by Crippen LogP contribution is -2.50. The first-order valence-corrected chi connectivity index (χ1v) is 9.39. The van der Waals surface area contributed by atoms with Gasteiger partial charge in [-0.25, -0.2) is 4.79 Å². The van der Waals surface area contributed by atoms with Gasteiger partial charge in [0.2, 0.25) is 0 Å². The lowest BCUT2D eigenvalue weighted by molar-refractivity contribution is 0.0907. The number of nitrogens with one attached hydrogen (secondary N) is 1. The van der Waals surface area contributed by atoms with Gasteiger partial charge in [0, 0.05) is 52.6 Å². The highest BCUT2D eigenvalue weighted by atomic mass is 16.5. The Morgan fingerprint density at radius 1 is 1.35 bits per heavy atom. The van der Waals surface area contributed by atoms with Crippen molar-refractivity contribution in [2.45, 2.75) is 50.8 Å². The van der Waals surface area contributed by atoms with Crippen LogP contribution in [0.15, 0.2) is 17.1 Å². The van der Waals surface area contributed by atoms with Crippen molar-refractivity contribution in [3.8, 4) is 0 Å². The van der Waals surface area contributed by atoms with E-state index in [2.05, 4.69) is 10.2 Å². The van der Waals surface area contributed by atoms with Crippen LogP contribution in [-0.4, -0.2) is 65.8 Å². The molecular weight excluding hydrogens is 332 g/mol. The van der Waals surface area contributed by atoms with Gasteiger partial charge < -0.3 is 19.5 Å². The molecule has 3 atom stereocenters. The smallest absolute Gasteiger partial charge is 0.322 e. The predicted octanol–water partition coefficient (Wildman–Crippen LogP) is 1.80. The van der Waals surface area contributed by atoms with Gasteiger partial charge in [-0.15, -0.1) is 0 Å². The zero-order chi connectivity index (χ0) is 18.8. The van der Waals surface area contributed by atoms with Crippen molar-refractivity contribution in [1.29, 1.82) is 0 Å². The lowest BCUT2D eigenvalue weighted by atomic mass is 10.1. The molecule has 7 nitrogen and oxygen atoms in total. The summed E-state index contributed by atoms with van der Waals surface area (Å²) < 4.78 is 6.97. The summed E-state index contributed by atoms with van der Waals surface area (Å²) in [7, 11) is 5.29. The summed E-state index contributed by atoms with van der Waals surface area (Å²) in [6.45, 7) is 3.80. The van der Waals surface area contributed by atoms with Crippen LogP contribution < -0.4 is 10.9 Å². The fourth-order valence-electron chi connectivity index (χ4n) is 4.26. The lowest BCUT2D eigenvalue weighted by Gasteiger charge is -2.35. The van der Waals surface area contributed by atoms with Crippen molar-refractivity contribution in [1.82, 2.24) is 14.4 Å². The molecule has 26 heavy (non-hydrogen) atoms. The monoisotopic (exact) mass is 362 g/mol. The average molecular weight is 362 g/mol. The maximum atomic E-state index is 12.8. The van der Waals surface area contributed by atoms with Crippen LogP contribution in [0.4, 0.5) is 10.5 Å². The Kier molecular flexibility index (Phi) is 5.67. The molecule has 2 aliphatic rings. The summed E-state index contributed by atoms with van der Waals surface area (Å²) in [6, 6.07) is 2.16. The van der Waals surface area contributed by atoms with Crippen LogP contribution in [0.25, 0.3) is 0 Å². The van der Waals surface area contributed by atoms with Crippen LogP contribution in [0.3, 0.4) is 0 Å². The number of anilines is 1. The largest absolute Gasteiger partial charge is 0.380 e. The highest BCUT2D eigenvalue weighted by Crippen LogP contribution is 2.31. The Labute approximate surface area is 154 Å². The molecule has 0 bridgehead atoms. The molecule has 1 N–H and O–H groups in total. The normalized spacial score (nSPS) is 26.2. The van der Waals surface area contributed by atoms with E-state index in [9.17, 15) is 9.59 Å². The van der Waals surface area contributed by atoms with Gasteiger partial charge in [0.15, 0.2) is 0 Å². The van der Waals surface area contributed by atoms with Crippen molar-refractivity contribution >= 4 is 11.7 Å². The quantitative estimate of drug-likeness (QED) is 0.887. The molecule has 0 aromatic carbocycles. The molecule has 1 saturated carbocycles. The van der Waals surface area contributed by atoms with Gasteiger partial charge in [-0.3, -0.25) is 9.69 Å². The standard InChI is InChI=1S/C19H30N4O3/c1-13-8-10-21(2)18(24)17(13)20-19(25)22(3)15-6-5-7-16(15)23-11-9-14(12-23)26-4/h8,10,14-16H,5-7,9,11-12H2,1-4H3,(H,20,25)/t14?,15-,16+/m0/s1. The summed E-state index contributed by atoms with van der Waals surface area (Å²) in [6.07, 6.45) is 6.27. The van der Waals surface area contributed by atoms with Gasteiger partial charge in [0.25, 0.3) is 5.56 Å². The van der Waals surface area contributed by atoms with E-state index < -0.39 is 0 Å². The minimum atomic E-state index is -0.212. The van der Waals surface area contributed by atoms with Crippen LogP contribution >= 0.6 is 0 Å². The number of aryl methyl sites for hydroxylation is 2. The number of likely N-dealkylation sites (tertiary alicyclic amines) is 1. The minimum absolute atomic E-state index is 0.165. The number of nitrogens with zero attached hydrogens (tertiary/aromatic N) is 3. The number of rotatable bonds is 4. The molecule has 1 aromatic rings. The highest BCUT2D eigenvalue weighted by Gasteiger charge is 2.39. The van der Waals surface area contributed by atoms with Crippen LogP contribution in [-0.2, 0) is 11.8 Å². The van der Waals surface area contributed by atoms with E-state index in [1.807, 2.05) is 20.0 Å². The summed E-state index contributed by atoms with van der Waals surface area (Å²) in [4.78, 5) is 29.4. The second kappa shape index (κ2) is 7.80. The molecular formula is C19H30N4O3. The van der Waals surface area contributed by atoms with Gasteiger partial charge >= 0.3 is 6.03 Å². The molecule has 1 saturated heterocycles. The van der Waals surface area contributed by atoms with Crippen LogP contribution in [0.5, 0.6) is 0 Å². The number of aromatic nitrogens is 1. The molecule has 2 heterocycles. The van der Waals surface area contributed by atoms with Crippen molar-refractivity contribution < 1.29 is 9.53 Å². The molecule has 1 aliphatic carbocycles. The highest BCUT2D eigenvalue weighted by molar-refractivity contribution is 5.90. The average Bonchev–Trinajstić information content (AvgIpc) is 3.29. The van der Waals surface area contributed by atoms with E-state index in [0.717, 1.165) is 44.3 Å². The molecule has 1 aromatic heterocycles. The SMILES string of the molecule is COC1CCN([C@@H]2CCC[C@@H]2N(C)C(=O)Nc2c(C)ccn(C)c2=O)C1. The van der Waals surface area contributed by atoms with E-state index in [1.165, 1.54) is 4.57 Å². The topological polar surface area (TPSA) is 66.8 Å². The first-order valence-electron chi connectivity index (χ1n) is 9.39. The molecule has 7 heteroatoms. The number of ether oxygens (including phenoxy) is 1. The molecule has 3 rings (SSSR count). The van der Waals surface area contributed by atoms with E-state index in [0.29, 0.717) is 17.8 Å². The number of pyridine rings is 1. The van der Waals surface area contributed by atoms with Crippen molar-refractivity contribution in [2.24, 2.45) is 7.05 Å². The van der Waals surface area contributed by atoms with Gasteiger partial charge in [-0.2, -0.15) is 0 Å². The number of carbonyl (C=O) groups is 1. The first-order chi connectivity index (χ1) is 12.4. The molecule has 2 amide bonds. The number of hydrogen-bond donors (Lipinski definition) is 1. The van der Waals surface area contributed by atoms with E-state index in [-0.39, 0.29) is 17.6 Å². The Hall–Kier alpha value is -1.86. The number of carbonyl (C=O) groups excluding carboxylic acids is 1. The molecule has 0 radical (unpaired) electrons. The zero-order valence-corrected chi connectivity index (χ0v) is 16.2. The summed E-state index contributed by atoms with van der Waals surface area (Å²) in [5, 5.41) is 2.84. The number of amides is 2. The molecule has 0 spiro atoms. The second-order valence-electron chi connectivity index (χ2n) is 7.54. The maximum absolute atomic E-state index is 12.8. The zero-order valence-electron chi connectivity index (χ0n) is 16.2. The Morgan fingerprint density at radius 2 is 2.12 bits per heavy atom. The van der Waals surface area contributed by atoms with Gasteiger partial charge in [0.05, 0.1) is 6.10 Å². The minimum Gasteiger partial charge on any atom is -0.380 e.